The largest absolute Gasteiger partial charge is 0.436 e. The van der Waals surface area contributed by atoms with Crippen LogP contribution in [0.2, 0.25) is 0 Å². The maximum Gasteiger partial charge on any atom is 0.408 e. The maximum atomic E-state index is 13.2. The van der Waals surface area contributed by atoms with Crippen molar-refractivity contribution < 1.29 is 23.9 Å². The van der Waals surface area contributed by atoms with Crippen LogP contribution in [0.5, 0.6) is 0 Å². The summed E-state index contributed by atoms with van der Waals surface area (Å²) in [6.45, 7) is 12.3. The quantitative estimate of drug-likeness (QED) is 0.0572. The van der Waals surface area contributed by atoms with E-state index in [0.717, 1.165) is 41.3 Å². The number of anilines is 2. The van der Waals surface area contributed by atoms with Crippen molar-refractivity contribution in [2.45, 2.75) is 97.1 Å². The lowest BCUT2D eigenvalue weighted by atomic mass is 9.87. The van der Waals surface area contributed by atoms with E-state index in [4.69, 9.17) is 17.0 Å². The first-order valence-electron chi connectivity index (χ1n) is 18.0. The molecule has 0 radical (unpaired) electrons. The third-order valence-corrected chi connectivity index (χ3v) is 8.60. The normalized spacial score (nSPS) is 12.0. The highest BCUT2D eigenvalue weighted by molar-refractivity contribution is 7.80. The molecule has 4 amide bonds. The molecule has 0 bridgehead atoms. The van der Waals surface area contributed by atoms with Gasteiger partial charge in [-0.05, 0) is 105 Å². The summed E-state index contributed by atoms with van der Waals surface area (Å²) >= 11 is 5.32. The van der Waals surface area contributed by atoms with Gasteiger partial charge in [-0.15, -0.1) is 0 Å². The van der Waals surface area contributed by atoms with E-state index >= 15 is 0 Å². The molecule has 4 rings (SSSR count). The fourth-order valence-electron chi connectivity index (χ4n) is 5.56. The van der Waals surface area contributed by atoms with Crippen molar-refractivity contribution in [3.8, 4) is 0 Å². The molecule has 1 aromatic heterocycles. The minimum absolute atomic E-state index is 0.00290. The fourth-order valence-corrected chi connectivity index (χ4v) is 5.77. The summed E-state index contributed by atoms with van der Waals surface area (Å²) in [7, 11) is 0. The SMILES string of the molecule is CC(C)(C)NC(=O)O[C@@H](Cc1c[nH]c2ccccc12)C(=O)NCCCCCCC(=O)Nc1ccc(NC(=S)NC(=O)c2ccc(C(C)(C)C)cc2)cc1. The average molecular weight is 741 g/mol. The average Bonchev–Trinajstić information content (AvgIpc) is 3.49. The number of benzene rings is 3. The van der Waals surface area contributed by atoms with E-state index in [9.17, 15) is 19.2 Å². The highest BCUT2D eigenvalue weighted by Gasteiger charge is 2.26. The van der Waals surface area contributed by atoms with E-state index in [1.54, 1.807) is 36.4 Å². The van der Waals surface area contributed by atoms with Gasteiger partial charge in [0.15, 0.2) is 11.2 Å². The number of aromatic amines is 1. The zero-order chi connectivity index (χ0) is 38.6. The number of unbranched alkanes of at least 4 members (excludes halogenated alkanes) is 3. The summed E-state index contributed by atoms with van der Waals surface area (Å²) in [5.41, 5.74) is 4.31. The third kappa shape index (κ3) is 13.4. The van der Waals surface area contributed by atoms with Gasteiger partial charge in [0, 0.05) is 59.0 Å². The van der Waals surface area contributed by atoms with Gasteiger partial charge in [-0.1, -0.05) is 63.9 Å². The molecular formula is C41H52N6O5S. The molecule has 12 heteroatoms. The molecular weight excluding hydrogens is 689 g/mol. The lowest BCUT2D eigenvalue weighted by molar-refractivity contribution is -0.129. The van der Waals surface area contributed by atoms with Crippen LogP contribution < -0.4 is 26.6 Å². The van der Waals surface area contributed by atoms with Crippen molar-refractivity contribution in [3.05, 3.63) is 95.7 Å². The van der Waals surface area contributed by atoms with Crippen molar-refractivity contribution in [3.63, 3.8) is 0 Å². The van der Waals surface area contributed by atoms with Crippen LogP contribution in [0, 0.1) is 0 Å². The number of thiocarbonyl (C=S) groups is 1. The topological polar surface area (TPSA) is 153 Å². The monoisotopic (exact) mass is 740 g/mol. The smallest absolute Gasteiger partial charge is 0.408 e. The molecule has 6 N–H and O–H groups in total. The van der Waals surface area contributed by atoms with Gasteiger partial charge in [0.05, 0.1) is 0 Å². The highest BCUT2D eigenvalue weighted by Crippen LogP contribution is 2.23. The van der Waals surface area contributed by atoms with Gasteiger partial charge in [-0.3, -0.25) is 19.7 Å². The van der Waals surface area contributed by atoms with Crippen molar-refractivity contribution in [1.29, 1.82) is 0 Å². The zero-order valence-electron chi connectivity index (χ0n) is 31.5. The number of aromatic nitrogens is 1. The molecule has 0 aliphatic carbocycles. The Labute approximate surface area is 317 Å². The van der Waals surface area contributed by atoms with Crippen molar-refractivity contribution in [2.24, 2.45) is 0 Å². The van der Waals surface area contributed by atoms with Crippen LogP contribution >= 0.6 is 12.2 Å². The number of rotatable bonds is 14. The van der Waals surface area contributed by atoms with Crippen LogP contribution in [0.15, 0.2) is 79.0 Å². The molecule has 4 aromatic rings. The maximum absolute atomic E-state index is 13.2. The number of hydrogen-bond donors (Lipinski definition) is 6. The molecule has 53 heavy (non-hydrogen) atoms. The molecule has 0 saturated carbocycles. The van der Waals surface area contributed by atoms with Crippen molar-refractivity contribution in [1.82, 2.24) is 20.9 Å². The van der Waals surface area contributed by atoms with Gasteiger partial charge in [0.1, 0.15) is 0 Å². The van der Waals surface area contributed by atoms with Crippen molar-refractivity contribution >= 4 is 63.4 Å². The summed E-state index contributed by atoms with van der Waals surface area (Å²) in [6.07, 6.45) is 3.87. The Morgan fingerprint density at radius 1 is 0.792 bits per heavy atom. The number of amides is 4. The van der Waals surface area contributed by atoms with E-state index in [-0.39, 0.29) is 34.7 Å². The van der Waals surface area contributed by atoms with Crippen LogP contribution in [0.1, 0.15) is 95.1 Å². The van der Waals surface area contributed by atoms with Crippen LogP contribution in [-0.2, 0) is 26.2 Å². The summed E-state index contributed by atoms with van der Waals surface area (Å²) in [4.78, 5) is 54.1. The van der Waals surface area contributed by atoms with Gasteiger partial charge >= 0.3 is 6.09 Å². The number of H-pyrrole nitrogens is 1. The molecule has 1 heterocycles. The number of hydrogen-bond acceptors (Lipinski definition) is 6. The lowest BCUT2D eigenvalue weighted by Gasteiger charge is -2.23. The minimum atomic E-state index is -0.996. The zero-order valence-corrected chi connectivity index (χ0v) is 32.3. The molecule has 0 spiro atoms. The second kappa shape index (κ2) is 18.5. The predicted molar refractivity (Wildman–Crippen MR) is 215 cm³/mol. The molecule has 3 aromatic carbocycles. The van der Waals surface area contributed by atoms with Gasteiger partial charge in [0.25, 0.3) is 11.8 Å². The predicted octanol–water partition coefficient (Wildman–Crippen LogP) is 7.73. The van der Waals surface area contributed by atoms with Gasteiger partial charge in [0.2, 0.25) is 5.91 Å². The van der Waals surface area contributed by atoms with E-state index in [2.05, 4.69) is 52.3 Å². The van der Waals surface area contributed by atoms with Crippen LogP contribution in [-0.4, -0.2) is 52.1 Å². The summed E-state index contributed by atoms with van der Waals surface area (Å²) < 4.78 is 5.60. The molecule has 11 nitrogen and oxygen atoms in total. The summed E-state index contributed by atoms with van der Waals surface area (Å²) in [5.74, 6) is -0.742. The Kier molecular flexibility index (Phi) is 14.2. The number of ether oxygens (including phenoxy) is 1. The molecule has 0 saturated heterocycles. The fraction of sp³-hybridized carbons (Fsp3) is 0.390. The van der Waals surface area contributed by atoms with Gasteiger partial charge < -0.3 is 31.0 Å². The van der Waals surface area contributed by atoms with E-state index < -0.39 is 17.7 Å². The van der Waals surface area contributed by atoms with Crippen molar-refractivity contribution in [2.75, 3.05) is 17.2 Å². The first-order chi connectivity index (χ1) is 25.1. The first-order valence-corrected chi connectivity index (χ1v) is 18.4. The first kappa shape index (κ1) is 40.5. The minimum Gasteiger partial charge on any atom is -0.436 e. The number of carbonyl (C=O) groups is 4. The summed E-state index contributed by atoms with van der Waals surface area (Å²) in [6, 6.07) is 22.3. The van der Waals surface area contributed by atoms with Gasteiger partial charge in [-0.2, -0.15) is 0 Å². The van der Waals surface area contributed by atoms with Gasteiger partial charge in [-0.25, -0.2) is 4.79 Å². The van der Waals surface area contributed by atoms with Crippen LogP contribution in [0.25, 0.3) is 10.9 Å². The van der Waals surface area contributed by atoms with E-state index in [1.165, 1.54) is 0 Å². The number of fused-ring (bicyclic) bond motifs is 1. The second-order valence-corrected chi connectivity index (χ2v) is 15.6. The second-order valence-electron chi connectivity index (χ2n) is 15.1. The third-order valence-electron chi connectivity index (χ3n) is 8.40. The number of para-hydroxylation sites is 1. The number of nitrogens with one attached hydrogen (secondary N) is 6. The Morgan fingerprint density at radius 2 is 1.43 bits per heavy atom. The Bertz CT molecular complexity index is 1870. The molecule has 0 aliphatic heterocycles. The Balaban J connectivity index is 1.13. The molecule has 282 valence electrons. The number of carbonyl (C=O) groups excluding carboxylic acids is 4. The highest BCUT2D eigenvalue weighted by atomic mass is 32.1. The molecule has 1 atom stereocenters. The Hall–Kier alpha value is -5.23. The summed E-state index contributed by atoms with van der Waals surface area (Å²) in [5, 5.41) is 15.4. The molecule has 0 unspecified atom stereocenters. The molecule has 0 fully saturated rings. The molecule has 0 aliphatic rings. The number of alkyl carbamates (subject to hydrolysis) is 1. The Morgan fingerprint density at radius 3 is 2.09 bits per heavy atom. The van der Waals surface area contributed by atoms with Crippen LogP contribution in [0.3, 0.4) is 0 Å². The standard InChI is InChI=1S/C41H52N6O5S/c1-40(2,3)29-18-16-27(17-19-29)36(49)46-38(53)45-31-22-20-30(21-23-31)44-35(48)15-9-7-8-12-24-42-37(50)34(52-39(51)47-41(4,5)6)25-28-26-43-33-14-11-10-13-32(28)33/h10-11,13-14,16-23,26,34,43H,7-9,12,15,24-25H2,1-6H3,(H,42,50)(H,44,48)(H,47,51)(H2,45,46,49,53)/t34-/m0/s1. The van der Waals surface area contributed by atoms with E-state index in [1.807, 2.05) is 63.4 Å². The van der Waals surface area contributed by atoms with Crippen LogP contribution in [0.4, 0.5) is 16.2 Å². The lowest BCUT2D eigenvalue weighted by Crippen LogP contribution is -2.46. The van der Waals surface area contributed by atoms with E-state index in [0.29, 0.717) is 36.3 Å².